The zero-order valence-corrected chi connectivity index (χ0v) is 12.5. The summed E-state index contributed by atoms with van der Waals surface area (Å²) in [5, 5.41) is 0. The van der Waals surface area contributed by atoms with Crippen LogP contribution in [0.4, 0.5) is 0 Å². The van der Waals surface area contributed by atoms with Crippen molar-refractivity contribution in [3.63, 3.8) is 0 Å². The molecule has 3 heteroatoms. The van der Waals surface area contributed by atoms with E-state index in [-0.39, 0.29) is 6.10 Å². The zero-order chi connectivity index (χ0) is 14.0. The van der Waals surface area contributed by atoms with Crippen LogP contribution in [0.3, 0.4) is 0 Å². The molecule has 0 aliphatic heterocycles. The number of hydrogen-bond acceptors (Lipinski definition) is 3. The summed E-state index contributed by atoms with van der Waals surface area (Å²) in [5.74, 6) is 1.38. The Balaban J connectivity index is 1.91. The summed E-state index contributed by atoms with van der Waals surface area (Å²) in [7, 11) is 0. The van der Waals surface area contributed by atoms with Crippen molar-refractivity contribution in [2.45, 2.75) is 59.1 Å². The van der Waals surface area contributed by atoms with E-state index in [2.05, 4.69) is 38.7 Å². The number of ether oxygens (including phenoxy) is 1. The van der Waals surface area contributed by atoms with Crippen molar-refractivity contribution < 1.29 is 4.74 Å². The zero-order valence-electron chi connectivity index (χ0n) is 12.5. The number of aromatic nitrogens is 1. The van der Waals surface area contributed by atoms with Crippen molar-refractivity contribution in [3.8, 4) is 5.88 Å². The van der Waals surface area contributed by atoms with Gasteiger partial charge in [-0.1, -0.05) is 33.8 Å². The number of pyridine rings is 1. The summed E-state index contributed by atoms with van der Waals surface area (Å²) < 4.78 is 5.76. The molecule has 0 unspecified atom stereocenters. The van der Waals surface area contributed by atoms with Crippen molar-refractivity contribution in [2.75, 3.05) is 0 Å². The quantitative estimate of drug-likeness (QED) is 0.886. The molecule has 1 aliphatic carbocycles. The third kappa shape index (κ3) is 3.69. The average Bonchev–Trinajstić information content (AvgIpc) is 2.29. The van der Waals surface area contributed by atoms with Gasteiger partial charge in [-0.15, -0.1) is 0 Å². The normalized spacial score (nSPS) is 23.3. The Morgan fingerprint density at radius 2 is 2.05 bits per heavy atom. The van der Waals surface area contributed by atoms with Crippen LogP contribution in [0.5, 0.6) is 5.88 Å². The average molecular weight is 262 g/mol. The highest BCUT2D eigenvalue weighted by atomic mass is 16.5. The Morgan fingerprint density at radius 1 is 1.37 bits per heavy atom. The Kier molecular flexibility index (Phi) is 4.14. The van der Waals surface area contributed by atoms with E-state index in [1.807, 2.05) is 12.3 Å². The molecule has 0 amide bonds. The SMILES string of the molecule is CC(C)C(C)(C)Cc1ccc(OC2CC(N)C2)nc1. The van der Waals surface area contributed by atoms with Crippen LogP contribution in [0.2, 0.25) is 0 Å². The van der Waals surface area contributed by atoms with Gasteiger partial charge in [-0.2, -0.15) is 0 Å². The van der Waals surface area contributed by atoms with Gasteiger partial charge in [-0.3, -0.25) is 0 Å². The van der Waals surface area contributed by atoms with E-state index in [0.29, 0.717) is 17.4 Å². The maximum atomic E-state index is 5.76. The first kappa shape index (κ1) is 14.3. The molecule has 2 rings (SSSR count). The first-order valence-electron chi connectivity index (χ1n) is 7.24. The Hall–Kier alpha value is -1.09. The van der Waals surface area contributed by atoms with E-state index < -0.39 is 0 Å². The molecule has 1 aromatic rings. The van der Waals surface area contributed by atoms with Crippen LogP contribution in [0.1, 0.15) is 46.1 Å². The van der Waals surface area contributed by atoms with Crippen molar-refractivity contribution in [1.29, 1.82) is 0 Å². The summed E-state index contributed by atoms with van der Waals surface area (Å²) in [6.07, 6.45) is 5.15. The monoisotopic (exact) mass is 262 g/mol. The van der Waals surface area contributed by atoms with Gasteiger partial charge in [0.05, 0.1) is 0 Å². The molecule has 0 bridgehead atoms. The van der Waals surface area contributed by atoms with Crippen molar-refractivity contribution in [1.82, 2.24) is 4.98 Å². The highest BCUT2D eigenvalue weighted by molar-refractivity contribution is 5.19. The van der Waals surface area contributed by atoms with Crippen LogP contribution < -0.4 is 10.5 Å². The Morgan fingerprint density at radius 3 is 2.53 bits per heavy atom. The summed E-state index contributed by atoms with van der Waals surface area (Å²) in [4.78, 5) is 4.41. The number of nitrogens with two attached hydrogens (primary N) is 1. The highest BCUT2D eigenvalue weighted by Crippen LogP contribution is 2.30. The first-order valence-corrected chi connectivity index (χ1v) is 7.24. The van der Waals surface area contributed by atoms with Crippen molar-refractivity contribution in [3.05, 3.63) is 23.9 Å². The maximum Gasteiger partial charge on any atom is 0.213 e. The Bertz CT molecular complexity index is 405. The van der Waals surface area contributed by atoms with E-state index >= 15 is 0 Å². The minimum absolute atomic E-state index is 0.264. The molecule has 3 nitrogen and oxygen atoms in total. The summed E-state index contributed by atoms with van der Waals surface area (Å²) >= 11 is 0. The minimum atomic E-state index is 0.264. The minimum Gasteiger partial charge on any atom is -0.474 e. The second-order valence-electron chi connectivity index (χ2n) is 6.80. The molecule has 0 aromatic carbocycles. The predicted molar refractivity (Wildman–Crippen MR) is 78.2 cm³/mol. The molecule has 1 aromatic heterocycles. The largest absolute Gasteiger partial charge is 0.474 e. The summed E-state index contributed by atoms with van der Waals surface area (Å²) in [6, 6.07) is 4.43. The fourth-order valence-electron chi connectivity index (χ4n) is 2.19. The molecule has 1 heterocycles. The molecule has 19 heavy (non-hydrogen) atoms. The molecule has 0 spiro atoms. The standard InChI is InChI=1S/C16H26N2O/c1-11(2)16(3,4)9-12-5-6-15(18-10-12)19-14-7-13(17)8-14/h5-6,10-11,13-14H,7-9,17H2,1-4H3. The molecule has 1 aliphatic rings. The lowest BCUT2D eigenvalue weighted by molar-refractivity contribution is 0.0957. The first-order chi connectivity index (χ1) is 8.87. The summed E-state index contributed by atoms with van der Waals surface area (Å²) in [5.41, 5.74) is 7.31. The molecule has 106 valence electrons. The number of hydrogen-bond donors (Lipinski definition) is 1. The van der Waals surface area contributed by atoms with Gasteiger partial charge in [0.25, 0.3) is 0 Å². The van der Waals surface area contributed by atoms with Crippen LogP contribution in [0, 0.1) is 11.3 Å². The molecule has 0 atom stereocenters. The van der Waals surface area contributed by atoms with E-state index in [4.69, 9.17) is 10.5 Å². The van der Waals surface area contributed by atoms with Gasteiger partial charge in [0.1, 0.15) is 6.10 Å². The van der Waals surface area contributed by atoms with Gasteiger partial charge in [0, 0.05) is 18.3 Å². The third-order valence-electron chi connectivity index (χ3n) is 4.44. The number of nitrogens with zero attached hydrogens (tertiary/aromatic N) is 1. The Labute approximate surface area is 116 Å². The molecule has 0 radical (unpaired) electrons. The van der Waals surface area contributed by atoms with E-state index in [1.165, 1.54) is 5.56 Å². The third-order valence-corrected chi connectivity index (χ3v) is 4.44. The van der Waals surface area contributed by atoms with Crippen LogP contribution in [0.25, 0.3) is 0 Å². The molecule has 1 fully saturated rings. The van der Waals surface area contributed by atoms with E-state index in [9.17, 15) is 0 Å². The molecular weight excluding hydrogens is 236 g/mol. The van der Waals surface area contributed by atoms with Crippen molar-refractivity contribution in [2.24, 2.45) is 17.1 Å². The van der Waals surface area contributed by atoms with Gasteiger partial charge in [0.2, 0.25) is 5.88 Å². The highest BCUT2D eigenvalue weighted by Gasteiger charge is 2.28. The smallest absolute Gasteiger partial charge is 0.213 e. The van der Waals surface area contributed by atoms with E-state index in [0.717, 1.165) is 25.1 Å². The maximum absolute atomic E-state index is 5.76. The topological polar surface area (TPSA) is 48.1 Å². The summed E-state index contributed by atoms with van der Waals surface area (Å²) in [6.45, 7) is 9.14. The number of rotatable bonds is 5. The lowest BCUT2D eigenvalue weighted by Crippen LogP contribution is -2.43. The lowest BCUT2D eigenvalue weighted by atomic mass is 9.76. The fourth-order valence-corrected chi connectivity index (χ4v) is 2.19. The lowest BCUT2D eigenvalue weighted by Gasteiger charge is -2.32. The van der Waals surface area contributed by atoms with Crippen LogP contribution >= 0.6 is 0 Å². The van der Waals surface area contributed by atoms with Crippen molar-refractivity contribution >= 4 is 0 Å². The van der Waals surface area contributed by atoms with Gasteiger partial charge >= 0.3 is 0 Å². The van der Waals surface area contributed by atoms with Crippen LogP contribution in [0.15, 0.2) is 18.3 Å². The van der Waals surface area contributed by atoms with Crippen LogP contribution in [-0.4, -0.2) is 17.1 Å². The molecule has 1 saturated carbocycles. The van der Waals surface area contributed by atoms with Crippen LogP contribution in [-0.2, 0) is 6.42 Å². The van der Waals surface area contributed by atoms with Gasteiger partial charge < -0.3 is 10.5 Å². The fraction of sp³-hybridized carbons (Fsp3) is 0.688. The predicted octanol–water partition coefficient (Wildman–Crippen LogP) is 3.17. The molecule has 2 N–H and O–H groups in total. The van der Waals surface area contributed by atoms with Gasteiger partial charge in [0.15, 0.2) is 0 Å². The van der Waals surface area contributed by atoms with Gasteiger partial charge in [-0.25, -0.2) is 4.98 Å². The second kappa shape index (κ2) is 5.49. The molecular formula is C16H26N2O. The van der Waals surface area contributed by atoms with E-state index in [1.54, 1.807) is 0 Å². The molecule has 0 saturated heterocycles. The van der Waals surface area contributed by atoms with Gasteiger partial charge in [-0.05, 0) is 36.2 Å². The second-order valence-corrected chi connectivity index (χ2v) is 6.80.